The summed E-state index contributed by atoms with van der Waals surface area (Å²) in [6.45, 7) is 3.23. The molecular formula is C15H19NO3S. The van der Waals surface area contributed by atoms with Gasteiger partial charge in [0.05, 0.1) is 30.1 Å². The van der Waals surface area contributed by atoms with Gasteiger partial charge in [0.15, 0.2) is 0 Å². The standard InChI is InChI=1S/C15H19NO3S/c1-11-14(7-9-19-11)15(18)16-10-13-6-5-12(20-13)4-2-3-8-17/h5-6,11,14,17H,3,7-10H2,1H3,(H,16,18). The molecule has 1 saturated heterocycles. The number of nitrogens with one attached hydrogen (secondary N) is 1. The number of aliphatic hydroxyl groups is 1. The van der Waals surface area contributed by atoms with E-state index in [2.05, 4.69) is 17.2 Å². The predicted octanol–water partition coefficient (Wildman–Crippen LogP) is 1.52. The second-order valence-corrected chi connectivity index (χ2v) is 5.90. The zero-order valence-electron chi connectivity index (χ0n) is 11.5. The van der Waals surface area contributed by atoms with Crippen LogP contribution in [0.5, 0.6) is 0 Å². The zero-order chi connectivity index (χ0) is 14.4. The van der Waals surface area contributed by atoms with Crippen molar-refractivity contribution in [3.8, 4) is 11.8 Å². The normalized spacial score (nSPS) is 21.3. The molecule has 5 heteroatoms. The minimum atomic E-state index is -0.0289. The van der Waals surface area contributed by atoms with Gasteiger partial charge in [-0.15, -0.1) is 11.3 Å². The van der Waals surface area contributed by atoms with Crippen LogP contribution >= 0.6 is 11.3 Å². The van der Waals surface area contributed by atoms with E-state index in [0.717, 1.165) is 16.2 Å². The summed E-state index contributed by atoms with van der Waals surface area (Å²) in [7, 11) is 0. The number of carbonyl (C=O) groups is 1. The van der Waals surface area contributed by atoms with Crippen molar-refractivity contribution in [3.05, 3.63) is 21.9 Å². The molecule has 0 bridgehead atoms. The zero-order valence-corrected chi connectivity index (χ0v) is 12.3. The molecular weight excluding hydrogens is 274 g/mol. The Morgan fingerprint density at radius 1 is 1.60 bits per heavy atom. The summed E-state index contributed by atoms with van der Waals surface area (Å²) in [6.07, 6.45) is 1.30. The fourth-order valence-corrected chi connectivity index (χ4v) is 2.95. The van der Waals surface area contributed by atoms with Crippen molar-refractivity contribution in [2.24, 2.45) is 5.92 Å². The maximum absolute atomic E-state index is 12.0. The highest BCUT2D eigenvalue weighted by Crippen LogP contribution is 2.21. The van der Waals surface area contributed by atoms with Gasteiger partial charge in [0.2, 0.25) is 5.91 Å². The molecule has 0 spiro atoms. The summed E-state index contributed by atoms with van der Waals surface area (Å²) in [4.78, 5) is 14.0. The molecule has 0 radical (unpaired) electrons. The summed E-state index contributed by atoms with van der Waals surface area (Å²) in [5.74, 6) is 5.92. The van der Waals surface area contributed by atoms with Crippen LogP contribution in [0.3, 0.4) is 0 Å². The SMILES string of the molecule is CC1OCCC1C(=O)NCc1ccc(C#CCCO)s1. The number of thiophene rings is 1. The minimum absolute atomic E-state index is 0.0123. The molecule has 4 nitrogen and oxygen atoms in total. The largest absolute Gasteiger partial charge is 0.395 e. The molecule has 1 aromatic rings. The van der Waals surface area contributed by atoms with E-state index in [1.807, 2.05) is 19.1 Å². The third-order valence-corrected chi connectivity index (χ3v) is 4.26. The summed E-state index contributed by atoms with van der Waals surface area (Å²) in [5.41, 5.74) is 0. The summed E-state index contributed by atoms with van der Waals surface area (Å²) < 4.78 is 5.40. The van der Waals surface area contributed by atoms with E-state index in [4.69, 9.17) is 9.84 Å². The molecule has 0 saturated carbocycles. The molecule has 2 N–H and O–H groups in total. The topological polar surface area (TPSA) is 58.6 Å². The first-order valence-electron chi connectivity index (χ1n) is 6.78. The molecule has 108 valence electrons. The highest BCUT2D eigenvalue weighted by Gasteiger charge is 2.30. The van der Waals surface area contributed by atoms with Crippen LogP contribution in [0.4, 0.5) is 0 Å². The van der Waals surface area contributed by atoms with Gasteiger partial charge in [0, 0.05) is 17.9 Å². The Morgan fingerprint density at radius 3 is 3.15 bits per heavy atom. The van der Waals surface area contributed by atoms with Gasteiger partial charge >= 0.3 is 0 Å². The smallest absolute Gasteiger partial charge is 0.226 e. The first-order valence-corrected chi connectivity index (χ1v) is 7.60. The van der Waals surface area contributed by atoms with Gasteiger partial charge in [-0.2, -0.15) is 0 Å². The van der Waals surface area contributed by atoms with Crippen LogP contribution in [0, 0.1) is 17.8 Å². The van der Waals surface area contributed by atoms with Crippen LogP contribution in [-0.4, -0.2) is 30.3 Å². The second-order valence-electron chi connectivity index (χ2n) is 4.73. The second kappa shape index (κ2) is 7.44. The third-order valence-electron chi connectivity index (χ3n) is 3.26. The Kier molecular flexibility index (Phi) is 5.60. The number of hydrogen-bond donors (Lipinski definition) is 2. The van der Waals surface area contributed by atoms with Crippen LogP contribution in [0.25, 0.3) is 0 Å². The maximum Gasteiger partial charge on any atom is 0.226 e. The third kappa shape index (κ3) is 4.07. The van der Waals surface area contributed by atoms with Gasteiger partial charge in [-0.3, -0.25) is 4.79 Å². The minimum Gasteiger partial charge on any atom is -0.395 e. The fraction of sp³-hybridized carbons (Fsp3) is 0.533. The number of carbonyl (C=O) groups excluding carboxylic acids is 1. The Bertz CT molecular complexity index is 515. The number of ether oxygens (including phenoxy) is 1. The molecule has 1 aliphatic rings. The first kappa shape index (κ1) is 15.0. The molecule has 20 heavy (non-hydrogen) atoms. The highest BCUT2D eigenvalue weighted by molar-refractivity contribution is 7.12. The van der Waals surface area contributed by atoms with Crippen molar-refractivity contribution in [1.29, 1.82) is 0 Å². The van der Waals surface area contributed by atoms with Gasteiger partial charge in [-0.05, 0) is 25.5 Å². The molecule has 0 aliphatic carbocycles. The van der Waals surface area contributed by atoms with Gasteiger partial charge in [-0.25, -0.2) is 0 Å². The highest BCUT2D eigenvalue weighted by atomic mass is 32.1. The molecule has 1 amide bonds. The van der Waals surface area contributed by atoms with E-state index >= 15 is 0 Å². The van der Waals surface area contributed by atoms with E-state index in [-0.39, 0.29) is 24.5 Å². The molecule has 2 heterocycles. The van der Waals surface area contributed by atoms with E-state index in [1.54, 1.807) is 11.3 Å². The Morgan fingerprint density at radius 2 is 2.45 bits per heavy atom. The van der Waals surface area contributed by atoms with E-state index in [1.165, 1.54) is 0 Å². The average Bonchev–Trinajstić information content (AvgIpc) is 3.05. The number of hydrogen-bond acceptors (Lipinski definition) is 4. The molecule has 1 aliphatic heterocycles. The van der Waals surface area contributed by atoms with E-state index in [9.17, 15) is 4.79 Å². The van der Waals surface area contributed by atoms with Crippen LogP contribution in [0.15, 0.2) is 12.1 Å². The lowest BCUT2D eigenvalue weighted by Crippen LogP contribution is -2.33. The monoisotopic (exact) mass is 293 g/mol. The van der Waals surface area contributed by atoms with Gasteiger partial charge < -0.3 is 15.2 Å². The van der Waals surface area contributed by atoms with Crippen LogP contribution in [-0.2, 0) is 16.1 Å². The lowest BCUT2D eigenvalue weighted by molar-refractivity contribution is -0.126. The van der Waals surface area contributed by atoms with Crippen molar-refractivity contribution >= 4 is 17.2 Å². The molecule has 2 rings (SSSR count). The Balaban J connectivity index is 1.82. The van der Waals surface area contributed by atoms with E-state index < -0.39 is 0 Å². The lowest BCUT2D eigenvalue weighted by Gasteiger charge is -2.13. The number of aliphatic hydroxyl groups excluding tert-OH is 1. The molecule has 1 aromatic heterocycles. The summed E-state index contributed by atoms with van der Waals surface area (Å²) >= 11 is 1.57. The first-order chi connectivity index (χ1) is 9.70. The summed E-state index contributed by atoms with van der Waals surface area (Å²) in [5, 5.41) is 11.6. The van der Waals surface area contributed by atoms with Crippen molar-refractivity contribution in [1.82, 2.24) is 5.32 Å². The van der Waals surface area contributed by atoms with Gasteiger partial charge in [-0.1, -0.05) is 11.8 Å². The van der Waals surface area contributed by atoms with Crippen molar-refractivity contribution in [2.75, 3.05) is 13.2 Å². The fourth-order valence-electron chi connectivity index (χ4n) is 2.13. The van der Waals surface area contributed by atoms with Crippen molar-refractivity contribution in [2.45, 2.75) is 32.4 Å². The molecule has 0 aromatic carbocycles. The summed E-state index contributed by atoms with van der Waals surface area (Å²) in [6, 6.07) is 3.92. The van der Waals surface area contributed by atoms with Gasteiger partial charge in [0.25, 0.3) is 0 Å². The molecule has 1 fully saturated rings. The van der Waals surface area contributed by atoms with Gasteiger partial charge in [0.1, 0.15) is 0 Å². The van der Waals surface area contributed by atoms with E-state index in [0.29, 0.717) is 19.6 Å². The Labute approximate surface area is 123 Å². The molecule has 2 unspecified atom stereocenters. The van der Waals surface area contributed by atoms with Crippen molar-refractivity contribution < 1.29 is 14.6 Å². The predicted molar refractivity (Wildman–Crippen MR) is 78.3 cm³/mol. The van der Waals surface area contributed by atoms with Crippen LogP contribution in [0.1, 0.15) is 29.5 Å². The number of rotatable bonds is 4. The number of amides is 1. The average molecular weight is 293 g/mol. The van der Waals surface area contributed by atoms with Crippen molar-refractivity contribution in [3.63, 3.8) is 0 Å². The Hall–Kier alpha value is -1.35. The lowest BCUT2D eigenvalue weighted by atomic mass is 10.0. The molecule has 2 atom stereocenters. The van der Waals surface area contributed by atoms with Crippen LogP contribution in [0.2, 0.25) is 0 Å². The quantitative estimate of drug-likeness (QED) is 0.828. The van der Waals surface area contributed by atoms with Crippen LogP contribution < -0.4 is 5.32 Å². The maximum atomic E-state index is 12.0.